The third-order valence-electron chi connectivity index (χ3n) is 5.79. The highest BCUT2D eigenvalue weighted by Gasteiger charge is 2.26. The summed E-state index contributed by atoms with van der Waals surface area (Å²) in [6.45, 7) is 5.16. The maximum absolute atomic E-state index is 11.9. The van der Waals surface area contributed by atoms with Crippen molar-refractivity contribution in [2.75, 3.05) is 25.0 Å². The number of aromatic nitrogens is 3. The van der Waals surface area contributed by atoms with Crippen LogP contribution in [0.2, 0.25) is 5.02 Å². The van der Waals surface area contributed by atoms with Gasteiger partial charge in [-0.25, -0.2) is 9.97 Å². The number of nitrogens with two attached hydrogens (primary N) is 1. The van der Waals surface area contributed by atoms with Gasteiger partial charge in [-0.05, 0) is 54.7 Å². The van der Waals surface area contributed by atoms with Crippen molar-refractivity contribution in [3.05, 3.63) is 65.7 Å². The molecule has 1 aliphatic heterocycles. The van der Waals surface area contributed by atoms with E-state index in [4.69, 9.17) is 34.3 Å². The van der Waals surface area contributed by atoms with Gasteiger partial charge in [-0.1, -0.05) is 30.4 Å². The quantitative estimate of drug-likeness (QED) is 0.312. The summed E-state index contributed by atoms with van der Waals surface area (Å²) in [4.78, 5) is 25.9. The van der Waals surface area contributed by atoms with Crippen LogP contribution in [0, 0.1) is 0 Å². The van der Waals surface area contributed by atoms with Crippen LogP contribution in [0.1, 0.15) is 24.3 Å². The number of benzene rings is 1. The van der Waals surface area contributed by atoms with Crippen LogP contribution < -0.4 is 15.8 Å². The van der Waals surface area contributed by atoms with Gasteiger partial charge in [-0.3, -0.25) is 4.79 Å². The van der Waals surface area contributed by atoms with Crippen molar-refractivity contribution >= 4 is 57.6 Å². The molecular formula is C24H25ClN6O2S. The molecule has 1 aliphatic rings. The molecule has 1 aromatic carbocycles. The molecule has 0 bridgehead atoms. The molecule has 8 nitrogen and oxygen atoms in total. The van der Waals surface area contributed by atoms with Crippen LogP contribution >= 0.6 is 23.8 Å². The van der Waals surface area contributed by atoms with Crippen LogP contribution in [0.5, 0.6) is 5.75 Å². The number of anilines is 2. The van der Waals surface area contributed by atoms with Crippen LogP contribution in [0.15, 0.2) is 55.2 Å². The Bertz CT molecular complexity index is 1250. The van der Waals surface area contributed by atoms with E-state index < -0.39 is 0 Å². The average molecular weight is 497 g/mol. The van der Waals surface area contributed by atoms with Gasteiger partial charge in [0.05, 0.1) is 10.4 Å². The van der Waals surface area contributed by atoms with E-state index in [1.165, 1.54) is 17.8 Å². The van der Waals surface area contributed by atoms with E-state index >= 15 is 0 Å². The molecule has 3 aromatic rings. The number of carbonyl (C=O) groups is 1. The van der Waals surface area contributed by atoms with Gasteiger partial charge in [-0.2, -0.15) is 0 Å². The number of allylic oxidation sites excluding steroid dienone is 1. The highest BCUT2D eigenvalue weighted by Crippen LogP contribution is 2.37. The number of aromatic amines is 1. The summed E-state index contributed by atoms with van der Waals surface area (Å²) in [5.74, 6) is 1.47. The zero-order valence-corrected chi connectivity index (χ0v) is 20.0. The van der Waals surface area contributed by atoms with Gasteiger partial charge < -0.3 is 25.7 Å². The van der Waals surface area contributed by atoms with E-state index in [1.54, 1.807) is 18.2 Å². The first-order valence-corrected chi connectivity index (χ1v) is 11.7. The Kier molecular flexibility index (Phi) is 7.44. The molecule has 34 heavy (non-hydrogen) atoms. The summed E-state index contributed by atoms with van der Waals surface area (Å²) in [6.07, 6.45) is 8.20. The maximum atomic E-state index is 11.9. The Hall–Kier alpha value is -3.43. The third kappa shape index (κ3) is 5.21. The van der Waals surface area contributed by atoms with E-state index in [-0.39, 0.29) is 12.5 Å². The van der Waals surface area contributed by atoms with Crippen LogP contribution in [0.25, 0.3) is 11.0 Å². The van der Waals surface area contributed by atoms with Crippen LogP contribution in [-0.4, -0.2) is 50.8 Å². The highest BCUT2D eigenvalue weighted by atomic mass is 35.5. The second kappa shape index (κ2) is 10.7. The molecule has 0 radical (unpaired) electrons. The van der Waals surface area contributed by atoms with Gasteiger partial charge in [0.25, 0.3) is 0 Å². The van der Waals surface area contributed by atoms with Crippen LogP contribution in [-0.2, 0) is 4.79 Å². The zero-order valence-electron chi connectivity index (χ0n) is 18.5. The Labute approximate surface area is 207 Å². The standard InChI is InChI=1S/C24H25ClN6O2S/c1-2-21(32)31-8-5-15(6-9-31)18-12-27-23-22(18)24(29-14-28-23)30-17-3-4-20(19(25)11-17)33-13-16(26)7-10-34/h2-4,7,10-12,14-15H,1,5-6,8-9,13,26H2,(H2,27,28,29,30)/b16-7-. The Morgan fingerprint density at radius 1 is 1.38 bits per heavy atom. The fraction of sp³-hybridized carbons (Fsp3) is 0.250. The third-order valence-corrected chi connectivity index (χ3v) is 6.22. The van der Waals surface area contributed by atoms with Crippen molar-refractivity contribution in [1.82, 2.24) is 19.9 Å². The molecule has 176 valence electrons. The molecule has 0 aliphatic carbocycles. The SMILES string of the molecule is C=CC(=O)N1CCC(c2c[nH]c3ncnc(Nc4ccc(OC/C(N)=C/C=S)c(Cl)c4)c23)CC1. The fourth-order valence-electron chi connectivity index (χ4n) is 4.07. The lowest BCUT2D eigenvalue weighted by atomic mass is 9.89. The van der Waals surface area contributed by atoms with Gasteiger partial charge >= 0.3 is 0 Å². The van der Waals surface area contributed by atoms with Crippen molar-refractivity contribution in [3.8, 4) is 5.75 Å². The molecule has 1 amide bonds. The first-order chi connectivity index (χ1) is 16.5. The molecule has 0 atom stereocenters. The summed E-state index contributed by atoms with van der Waals surface area (Å²) in [7, 11) is 0. The zero-order chi connectivity index (χ0) is 24.1. The van der Waals surface area contributed by atoms with E-state index in [1.807, 2.05) is 17.2 Å². The number of piperidine rings is 1. The molecule has 4 N–H and O–H groups in total. The van der Waals surface area contributed by atoms with E-state index in [2.05, 4.69) is 26.8 Å². The topological polar surface area (TPSA) is 109 Å². The number of ether oxygens (including phenoxy) is 1. The first kappa shape index (κ1) is 23.7. The molecule has 0 unspecified atom stereocenters. The summed E-state index contributed by atoms with van der Waals surface area (Å²) in [5, 5.41) is 6.18. The van der Waals surface area contributed by atoms with E-state index in [9.17, 15) is 4.79 Å². The minimum Gasteiger partial charge on any atom is -0.486 e. The number of rotatable bonds is 8. The molecule has 1 fully saturated rings. The number of hydrogen-bond acceptors (Lipinski definition) is 7. The van der Waals surface area contributed by atoms with Crippen molar-refractivity contribution in [1.29, 1.82) is 0 Å². The van der Waals surface area contributed by atoms with Crippen LogP contribution in [0.3, 0.4) is 0 Å². The van der Waals surface area contributed by atoms with E-state index in [0.717, 1.165) is 35.1 Å². The monoisotopic (exact) mass is 496 g/mol. The number of nitrogens with zero attached hydrogens (tertiary/aromatic N) is 3. The van der Waals surface area contributed by atoms with E-state index in [0.29, 0.717) is 41.3 Å². The summed E-state index contributed by atoms with van der Waals surface area (Å²) >= 11 is 11.2. The fourth-order valence-corrected chi connectivity index (χ4v) is 4.48. The normalized spacial score (nSPS) is 14.7. The first-order valence-electron chi connectivity index (χ1n) is 10.8. The number of amides is 1. The van der Waals surface area contributed by atoms with Gasteiger partial charge in [0.15, 0.2) is 0 Å². The predicted octanol–water partition coefficient (Wildman–Crippen LogP) is 4.47. The largest absolute Gasteiger partial charge is 0.486 e. The average Bonchev–Trinajstić information content (AvgIpc) is 3.28. The van der Waals surface area contributed by atoms with Gasteiger partial charge in [0.2, 0.25) is 5.91 Å². The van der Waals surface area contributed by atoms with Crippen molar-refractivity contribution in [2.24, 2.45) is 5.73 Å². The van der Waals surface area contributed by atoms with Gasteiger partial charge in [0.1, 0.15) is 30.1 Å². The maximum Gasteiger partial charge on any atom is 0.245 e. The molecule has 4 rings (SSSR count). The summed E-state index contributed by atoms with van der Waals surface area (Å²) in [5.41, 5.74) is 8.97. The lowest BCUT2D eigenvalue weighted by molar-refractivity contribution is -0.127. The number of thiocarbonyl (C=S) groups is 1. The second-order valence-corrected chi connectivity index (χ2v) is 8.61. The number of halogens is 1. The number of carbonyl (C=O) groups excluding carboxylic acids is 1. The lowest BCUT2D eigenvalue weighted by Crippen LogP contribution is -2.36. The van der Waals surface area contributed by atoms with Crippen molar-refractivity contribution in [2.45, 2.75) is 18.8 Å². The minimum atomic E-state index is -0.0233. The lowest BCUT2D eigenvalue weighted by Gasteiger charge is -2.31. The summed E-state index contributed by atoms with van der Waals surface area (Å²) < 4.78 is 5.66. The molecule has 2 aromatic heterocycles. The second-order valence-electron chi connectivity index (χ2n) is 7.93. The Morgan fingerprint density at radius 3 is 2.88 bits per heavy atom. The highest BCUT2D eigenvalue weighted by molar-refractivity contribution is 7.79. The number of nitrogens with one attached hydrogen (secondary N) is 2. The molecule has 0 saturated carbocycles. The molecular weight excluding hydrogens is 472 g/mol. The molecule has 1 saturated heterocycles. The van der Waals surface area contributed by atoms with Crippen molar-refractivity contribution < 1.29 is 9.53 Å². The summed E-state index contributed by atoms with van der Waals surface area (Å²) in [6, 6.07) is 5.41. The molecule has 0 spiro atoms. The minimum absolute atomic E-state index is 0.0233. The van der Waals surface area contributed by atoms with Crippen LogP contribution in [0.4, 0.5) is 11.5 Å². The smallest absolute Gasteiger partial charge is 0.245 e. The molecule has 10 heteroatoms. The number of H-pyrrole nitrogens is 1. The Morgan fingerprint density at radius 2 is 2.18 bits per heavy atom. The number of likely N-dealkylation sites (tertiary alicyclic amines) is 1. The Balaban J connectivity index is 1.53. The van der Waals surface area contributed by atoms with Gasteiger partial charge in [-0.15, -0.1) is 0 Å². The number of hydrogen-bond donors (Lipinski definition) is 3. The predicted molar refractivity (Wildman–Crippen MR) is 139 cm³/mol. The van der Waals surface area contributed by atoms with Gasteiger partial charge in [0, 0.05) is 36.0 Å². The molecule has 3 heterocycles. The number of fused-ring (bicyclic) bond motifs is 1. The van der Waals surface area contributed by atoms with Crippen molar-refractivity contribution in [3.63, 3.8) is 0 Å².